The van der Waals surface area contributed by atoms with E-state index in [-0.39, 0.29) is 18.6 Å². The van der Waals surface area contributed by atoms with Crippen LogP contribution in [0.15, 0.2) is 6.07 Å². The number of halogens is 2. The van der Waals surface area contributed by atoms with Crippen LogP contribution in [0, 0.1) is 5.92 Å². The summed E-state index contributed by atoms with van der Waals surface area (Å²) in [4.78, 5) is 0. The monoisotopic (exact) mass is 261 g/mol. The molecular weight excluding hydrogens is 249 g/mol. The van der Waals surface area contributed by atoms with Crippen molar-refractivity contribution in [2.75, 3.05) is 11.9 Å². The molecule has 6 heteroatoms. The molecule has 1 saturated carbocycles. The van der Waals surface area contributed by atoms with E-state index in [1.165, 1.54) is 0 Å². The normalized spacial score (nSPS) is 24.7. The molecule has 1 aliphatic rings. The predicted octanol–water partition coefficient (Wildman–Crippen LogP) is 2.36. The molecule has 1 aliphatic carbocycles. The van der Waals surface area contributed by atoms with Gasteiger partial charge in [0.2, 0.25) is 0 Å². The summed E-state index contributed by atoms with van der Waals surface area (Å²) in [5.41, 5.74) is 0.687. The van der Waals surface area contributed by atoms with Crippen LogP contribution in [0.5, 0.6) is 0 Å². The highest BCUT2D eigenvalue weighted by atomic mass is 35.5. The van der Waals surface area contributed by atoms with E-state index < -0.39 is 0 Å². The van der Waals surface area contributed by atoms with Gasteiger partial charge in [-0.05, 0) is 12.8 Å². The number of hydrogen-bond donors (Lipinski definition) is 2. The van der Waals surface area contributed by atoms with Gasteiger partial charge >= 0.3 is 0 Å². The highest BCUT2D eigenvalue weighted by molar-refractivity contribution is 6.33. The molecule has 2 atom stereocenters. The summed E-state index contributed by atoms with van der Waals surface area (Å²) >= 11 is 11.7. The number of aliphatic hydroxyl groups excluding tert-OH is 1. The quantitative estimate of drug-likeness (QED) is 0.877. The Morgan fingerprint density at radius 1 is 1.38 bits per heavy atom. The zero-order valence-corrected chi connectivity index (χ0v) is 10.2. The van der Waals surface area contributed by atoms with Crippen LogP contribution in [0.4, 0.5) is 5.69 Å². The first kappa shape index (κ1) is 11.9. The Balaban J connectivity index is 2.11. The van der Waals surface area contributed by atoms with Gasteiger partial charge in [-0.1, -0.05) is 29.6 Å². The summed E-state index contributed by atoms with van der Waals surface area (Å²) in [6.07, 6.45) is 3.19. The Bertz CT molecular complexity index is 375. The lowest BCUT2D eigenvalue weighted by Gasteiger charge is -2.20. The second-order valence-corrected chi connectivity index (χ2v) is 4.74. The molecule has 1 aromatic rings. The molecule has 0 aliphatic heterocycles. The smallest absolute Gasteiger partial charge is 0.174 e. The summed E-state index contributed by atoms with van der Waals surface area (Å²) in [5, 5.41) is 20.5. The molecule has 2 rings (SSSR count). The van der Waals surface area contributed by atoms with Crippen LogP contribution < -0.4 is 5.32 Å². The molecule has 1 heterocycles. The predicted molar refractivity (Wildman–Crippen MR) is 63.9 cm³/mol. The molecule has 0 aromatic carbocycles. The molecule has 16 heavy (non-hydrogen) atoms. The van der Waals surface area contributed by atoms with Crippen molar-refractivity contribution in [3.05, 3.63) is 16.4 Å². The molecule has 0 spiro atoms. The lowest BCUT2D eigenvalue weighted by Crippen LogP contribution is -2.26. The molecule has 2 unspecified atom stereocenters. The Labute approximate surface area is 104 Å². The number of nitrogens with zero attached hydrogens (tertiary/aromatic N) is 2. The van der Waals surface area contributed by atoms with Gasteiger partial charge in [0.05, 0.1) is 5.69 Å². The highest BCUT2D eigenvalue weighted by Gasteiger charge is 2.27. The Kier molecular flexibility index (Phi) is 3.84. The van der Waals surface area contributed by atoms with Crippen molar-refractivity contribution in [3.63, 3.8) is 0 Å². The van der Waals surface area contributed by atoms with Crippen LogP contribution in [-0.4, -0.2) is 28.0 Å². The maximum atomic E-state index is 9.21. The van der Waals surface area contributed by atoms with Crippen molar-refractivity contribution in [2.45, 2.75) is 25.3 Å². The van der Waals surface area contributed by atoms with Gasteiger partial charge in [-0.25, -0.2) is 0 Å². The van der Waals surface area contributed by atoms with Crippen molar-refractivity contribution in [2.24, 2.45) is 5.92 Å². The van der Waals surface area contributed by atoms with E-state index in [0.29, 0.717) is 16.0 Å². The number of aromatic nitrogens is 2. The summed E-state index contributed by atoms with van der Waals surface area (Å²) in [6, 6.07) is 1.90. The third kappa shape index (κ3) is 2.56. The SMILES string of the molecule is OCC1CCCC1Nc1cc(Cl)nnc1Cl. The van der Waals surface area contributed by atoms with Gasteiger partial charge in [0.15, 0.2) is 10.3 Å². The van der Waals surface area contributed by atoms with Crippen LogP contribution in [0.3, 0.4) is 0 Å². The number of anilines is 1. The van der Waals surface area contributed by atoms with Crippen LogP contribution in [-0.2, 0) is 0 Å². The van der Waals surface area contributed by atoms with Crippen molar-refractivity contribution in [1.29, 1.82) is 0 Å². The van der Waals surface area contributed by atoms with Gasteiger partial charge in [0.25, 0.3) is 0 Å². The fourth-order valence-corrected chi connectivity index (χ4v) is 2.39. The fraction of sp³-hybridized carbons (Fsp3) is 0.600. The molecule has 0 amide bonds. The zero-order chi connectivity index (χ0) is 11.5. The van der Waals surface area contributed by atoms with Gasteiger partial charge in [-0.2, -0.15) is 0 Å². The van der Waals surface area contributed by atoms with Crippen molar-refractivity contribution in [1.82, 2.24) is 10.2 Å². The summed E-state index contributed by atoms with van der Waals surface area (Å²) in [6.45, 7) is 0.196. The van der Waals surface area contributed by atoms with Gasteiger partial charge in [0.1, 0.15) is 0 Å². The fourth-order valence-electron chi connectivity index (χ4n) is 2.10. The average molecular weight is 262 g/mol. The number of nitrogens with one attached hydrogen (secondary N) is 1. The van der Waals surface area contributed by atoms with E-state index in [4.69, 9.17) is 23.2 Å². The molecule has 88 valence electrons. The number of aliphatic hydroxyl groups is 1. The topological polar surface area (TPSA) is 58.0 Å². The highest BCUT2D eigenvalue weighted by Crippen LogP contribution is 2.30. The summed E-state index contributed by atoms with van der Waals surface area (Å²) < 4.78 is 0. The lowest BCUT2D eigenvalue weighted by molar-refractivity contribution is 0.222. The largest absolute Gasteiger partial charge is 0.396 e. The van der Waals surface area contributed by atoms with E-state index in [0.717, 1.165) is 19.3 Å². The minimum absolute atomic E-state index is 0.196. The molecule has 0 saturated heterocycles. The second-order valence-electron chi connectivity index (χ2n) is 4.00. The summed E-state index contributed by atoms with van der Waals surface area (Å²) in [5.74, 6) is 0.281. The first-order valence-electron chi connectivity index (χ1n) is 5.27. The Morgan fingerprint density at radius 3 is 2.94 bits per heavy atom. The lowest BCUT2D eigenvalue weighted by atomic mass is 10.1. The molecule has 0 bridgehead atoms. The molecule has 2 N–H and O–H groups in total. The molecule has 0 radical (unpaired) electrons. The first-order valence-corrected chi connectivity index (χ1v) is 6.02. The second kappa shape index (κ2) is 5.17. The van der Waals surface area contributed by atoms with Gasteiger partial charge < -0.3 is 10.4 Å². The molecule has 1 fully saturated rings. The van der Waals surface area contributed by atoms with E-state index in [1.807, 2.05) is 0 Å². The first-order chi connectivity index (χ1) is 7.70. The number of hydrogen-bond acceptors (Lipinski definition) is 4. The average Bonchev–Trinajstić information content (AvgIpc) is 2.71. The van der Waals surface area contributed by atoms with E-state index >= 15 is 0 Å². The standard InChI is InChI=1S/C10H13Cl2N3O/c11-9-4-8(10(12)15-14-9)13-7-3-1-2-6(7)5-16/h4,6-7,16H,1-3,5H2,(H,13,14). The third-order valence-corrected chi connectivity index (χ3v) is 3.42. The van der Waals surface area contributed by atoms with E-state index in [1.54, 1.807) is 6.07 Å². The van der Waals surface area contributed by atoms with Crippen LogP contribution in [0.25, 0.3) is 0 Å². The maximum Gasteiger partial charge on any atom is 0.174 e. The van der Waals surface area contributed by atoms with Gasteiger partial charge in [-0.15, -0.1) is 10.2 Å². The third-order valence-electron chi connectivity index (χ3n) is 2.95. The van der Waals surface area contributed by atoms with E-state index in [2.05, 4.69) is 15.5 Å². The number of rotatable bonds is 3. The van der Waals surface area contributed by atoms with Gasteiger partial charge in [-0.3, -0.25) is 0 Å². The zero-order valence-electron chi connectivity index (χ0n) is 8.66. The molecule has 4 nitrogen and oxygen atoms in total. The van der Waals surface area contributed by atoms with Crippen LogP contribution in [0.2, 0.25) is 10.3 Å². The molecule has 1 aromatic heterocycles. The van der Waals surface area contributed by atoms with Crippen molar-refractivity contribution < 1.29 is 5.11 Å². The van der Waals surface area contributed by atoms with Gasteiger partial charge in [0, 0.05) is 24.6 Å². The van der Waals surface area contributed by atoms with E-state index in [9.17, 15) is 5.11 Å². The minimum Gasteiger partial charge on any atom is -0.396 e. The molecular formula is C10H13Cl2N3O. The summed E-state index contributed by atoms with van der Waals surface area (Å²) in [7, 11) is 0. The minimum atomic E-state index is 0.196. The van der Waals surface area contributed by atoms with Crippen molar-refractivity contribution >= 4 is 28.9 Å². The van der Waals surface area contributed by atoms with Crippen molar-refractivity contribution in [3.8, 4) is 0 Å². The maximum absolute atomic E-state index is 9.21. The van der Waals surface area contributed by atoms with Crippen LogP contribution >= 0.6 is 23.2 Å². The Morgan fingerprint density at radius 2 is 2.19 bits per heavy atom. The Hall–Kier alpha value is -0.580. The van der Waals surface area contributed by atoms with Crippen LogP contribution in [0.1, 0.15) is 19.3 Å².